The third-order valence-electron chi connectivity index (χ3n) is 3.11. The van der Waals surface area contributed by atoms with Crippen LogP contribution < -0.4 is 11.3 Å². The monoisotopic (exact) mass is 319 g/mol. The Morgan fingerprint density at radius 1 is 1.21 bits per heavy atom. The highest BCUT2D eigenvalue weighted by molar-refractivity contribution is 9.10. The molecule has 1 heterocycles. The number of hydrogen-bond acceptors (Lipinski definition) is 3. The average molecular weight is 320 g/mol. The molecule has 2 aromatic rings. The van der Waals surface area contributed by atoms with Crippen molar-refractivity contribution in [3.8, 4) is 0 Å². The molecule has 0 saturated carbocycles. The third-order valence-corrected chi connectivity index (χ3v) is 3.60. The second-order valence-corrected chi connectivity index (χ2v) is 5.51. The molecule has 0 aliphatic heterocycles. The van der Waals surface area contributed by atoms with Gasteiger partial charge in [0, 0.05) is 22.9 Å². The van der Waals surface area contributed by atoms with Gasteiger partial charge in [-0.15, -0.1) is 0 Å². The lowest BCUT2D eigenvalue weighted by molar-refractivity contribution is 0.491. The van der Waals surface area contributed by atoms with E-state index in [1.54, 1.807) is 6.20 Å². The average Bonchev–Trinajstić information content (AvgIpc) is 2.44. The van der Waals surface area contributed by atoms with Crippen molar-refractivity contribution in [3.05, 3.63) is 64.4 Å². The molecule has 1 aromatic heterocycles. The van der Waals surface area contributed by atoms with Crippen molar-refractivity contribution >= 4 is 15.9 Å². The van der Waals surface area contributed by atoms with Crippen molar-refractivity contribution in [1.82, 2.24) is 10.4 Å². The number of aryl methyl sites for hydroxylation is 1. The molecule has 0 saturated heterocycles. The number of pyridine rings is 1. The molecule has 3 N–H and O–H groups in total. The number of nitrogens with two attached hydrogens (primary N) is 1. The molecule has 1 atom stereocenters. The minimum Gasteiger partial charge on any atom is -0.271 e. The van der Waals surface area contributed by atoms with E-state index in [0.29, 0.717) is 0 Å². The molecule has 0 aliphatic rings. The quantitative estimate of drug-likeness (QED) is 0.636. The summed E-state index contributed by atoms with van der Waals surface area (Å²) in [4.78, 5) is 4.13. The van der Waals surface area contributed by atoms with Gasteiger partial charge in [-0.3, -0.25) is 16.3 Å². The molecule has 0 fully saturated rings. The van der Waals surface area contributed by atoms with Gasteiger partial charge in [-0.05, 0) is 48.6 Å². The zero-order valence-electron chi connectivity index (χ0n) is 10.7. The van der Waals surface area contributed by atoms with Crippen molar-refractivity contribution in [1.29, 1.82) is 0 Å². The van der Waals surface area contributed by atoms with Crippen LogP contribution in [0.2, 0.25) is 0 Å². The van der Waals surface area contributed by atoms with E-state index >= 15 is 0 Å². The van der Waals surface area contributed by atoms with Crippen molar-refractivity contribution in [2.24, 2.45) is 5.84 Å². The molecule has 100 valence electrons. The normalized spacial score (nSPS) is 12.3. The van der Waals surface area contributed by atoms with E-state index in [1.165, 1.54) is 11.1 Å². The summed E-state index contributed by atoms with van der Waals surface area (Å²) in [6, 6.07) is 12.7. The summed E-state index contributed by atoms with van der Waals surface area (Å²) in [5, 5.41) is 0. The molecule has 1 aromatic carbocycles. The topological polar surface area (TPSA) is 50.9 Å². The van der Waals surface area contributed by atoms with Crippen LogP contribution >= 0.6 is 15.9 Å². The number of aromatic nitrogens is 1. The predicted molar refractivity (Wildman–Crippen MR) is 81.5 cm³/mol. The van der Waals surface area contributed by atoms with Gasteiger partial charge in [-0.25, -0.2) is 0 Å². The summed E-state index contributed by atoms with van der Waals surface area (Å²) in [5.41, 5.74) is 5.43. The zero-order chi connectivity index (χ0) is 13.5. The summed E-state index contributed by atoms with van der Waals surface area (Å²) >= 11 is 3.49. The van der Waals surface area contributed by atoms with Gasteiger partial charge < -0.3 is 0 Å². The molecule has 0 bridgehead atoms. The maximum Gasteiger partial charge on any atom is 0.0299 e. The minimum atomic E-state index is 0.273. The number of hydrazine groups is 1. The van der Waals surface area contributed by atoms with Crippen LogP contribution in [0.15, 0.2) is 53.3 Å². The molecule has 0 spiro atoms. The van der Waals surface area contributed by atoms with Crippen LogP contribution in [0.1, 0.15) is 17.5 Å². The van der Waals surface area contributed by atoms with Gasteiger partial charge in [0.1, 0.15) is 0 Å². The number of benzene rings is 1. The molecular formula is C15H18BrN3. The number of nitrogens with zero attached hydrogens (tertiary/aromatic N) is 1. The molecule has 1 unspecified atom stereocenters. The molecule has 0 radical (unpaired) electrons. The fourth-order valence-electron chi connectivity index (χ4n) is 2.08. The van der Waals surface area contributed by atoms with Gasteiger partial charge in [0.2, 0.25) is 0 Å². The van der Waals surface area contributed by atoms with Crippen LogP contribution in [0.3, 0.4) is 0 Å². The standard InChI is InChI=1S/C15H18BrN3/c16-14-5-1-3-13(9-14)10-15(19-17)7-6-12-4-2-8-18-11-12/h1-5,8-9,11,15,19H,6-7,10,17H2. The summed E-state index contributed by atoms with van der Waals surface area (Å²) in [6.07, 6.45) is 6.61. The lowest BCUT2D eigenvalue weighted by atomic mass is 10.0. The summed E-state index contributed by atoms with van der Waals surface area (Å²) < 4.78 is 1.10. The Morgan fingerprint density at radius 2 is 2.05 bits per heavy atom. The number of nitrogens with one attached hydrogen (secondary N) is 1. The van der Waals surface area contributed by atoms with Crippen molar-refractivity contribution < 1.29 is 0 Å². The summed E-state index contributed by atoms with van der Waals surface area (Å²) in [5.74, 6) is 5.65. The number of hydrogen-bond donors (Lipinski definition) is 2. The molecular weight excluding hydrogens is 302 g/mol. The molecule has 19 heavy (non-hydrogen) atoms. The second-order valence-electron chi connectivity index (χ2n) is 4.60. The first-order valence-corrected chi connectivity index (χ1v) is 7.16. The van der Waals surface area contributed by atoms with Crippen molar-refractivity contribution in [2.75, 3.05) is 0 Å². The second kappa shape index (κ2) is 7.38. The Morgan fingerprint density at radius 3 is 2.74 bits per heavy atom. The number of rotatable bonds is 6. The number of halogens is 1. The molecule has 0 amide bonds. The first-order chi connectivity index (χ1) is 9.28. The highest BCUT2D eigenvalue weighted by Crippen LogP contribution is 2.14. The largest absolute Gasteiger partial charge is 0.271 e. The van der Waals surface area contributed by atoms with E-state index in [4.69, 9.17) is 5.84 Å². The van der Waals surface area contributed by atoms with Gasteiger partial charge >= 0.3 is 0 Å². The van der Waals surface area contributed by atoms with Gasteiger partial charge in [0.05, 0.1) is 0 Å². The highest BCUT2D eigenvalue weighted by atomic mass is 79.9. The predicted octanol–water partition coefficient (Wildman–Crippen LogP) is 2.85. The fraction of sp³-hybridized carbons (Fsp3) is 0.267. The highest BCUT2D eigenvalue weighted by Gasteiger charge is 2.08. The lowest BCUT2D eigenvalue weighted by Crippen LogP contribution is -2.37. The van der Waals surface area contributed by atoms with E-state index in [-0.39, 0.29) is 6.04 Å². The van der Waals surface area contributed by atoms with Gasteiger partial charge in [0.15, 0.2) is 0 Å². The Balaban J connectivity index is 1.90. The van der Waals surface area contributed by atoms with Crippen LogP contribution in [-0.4, -0.2) is 11.0 Å². The third kappa shape index (κ3) is 4.74. The Kier molecular flexibility index (Phi) is 5.51. The first-order valence-electron chi connectivity index (χ1n) is 6.37. The lowest BCUT2D eigenvalue weighted by Gasteiger charge is -2.16. The smallest absolute Gasteiger partial charge is 0.0299 e. The van der Waals surface area contributed by atoms with E-state index < -0.39 is 0 Å². The fourth-order valence-corrected chi connectivity index (χ4v) is 2.53. The molecule has 4 heteroatoms. The van der Waals surface area contributed by atoms with Crippen LogP contribution in [-0.2, 0) is 12.8 Å². The minimum absolute atomic E-state index is 0.273. The SMILES string of the molecule is NNC(CCc1cccnc1)Cc1cccc(Br)c1. The van der Waals surface area contributed by atoms with E-state index in [9.17, 15) is 0 Å². The van der Waals surface area contributed by atoms with Crippen molar-refractivity contribution in [2.45, 2.75) is 25.3 Å². The van der Waals surface area contributed by atoms with Crippen LogP contribution in [0.25, 0.3) is 0 Å². The van der Waals surface area contributed by atoms with E-state index in [2.05, 4.69) is 44.5 Å². The van der Waals surface area contributed by atoms with Crippen LogP contribution in [0.4, 0.5) is 0 Å². The summed E-state index contributed by atoms with van der Waals surface area (Å²) in [7, 11) is 0. The maximum absolute atomic E-state index is 5.65. The molecule has 3 nitrogen and oxygen atoms in total. The van der Waals surface area contributed by atoms with Crippen molar-refractivity contribution in [3.63, 3.8) is 0 Å². The van der Waals surface area contributed by atoms with Gasteiger partial charge in [0.25, 0.3) is 0 Å². The summed E-state index contributed by atoms with van der Waals surface area (Å²) in [6.45, 7) is 0. The van der Waals surface area contributed by atoms with Crippen LogP contribution in [0, 0.1) is 0 Å². The zero-order valence-corrected chi connectivity index (χ0v) is 12.3. The Labute approximate surface area is 122 Å². The Bertz CT molecular complexity index is 502. The van der Waals surface area contributed by atoms with Gasteiger partial charge in [-0.1, -0.05) is 34.1 Å². The van der Waals surface area contributed by atoms with E-state index in [0.717, 1.165) is 23.7 Å². The van der Waals surface area contributed by atoms with Crippen LogP contribution in [0.5, 0.6) is 0 Å². The maximum atomic E-state index is 5.65. The Hall–Kier alpha value is -1.23. The first kappa shape index (κ1) is 14.2. The molecule has 2 rings (SSSR count). The van der Waals surface area contributed by atoms with E-state index in [1.807, 2.05) is 24.4 Å². The molecule has 0 aliphatic carbocycles. The van der Waals surface area contributed by atoms with Gasteiger partial charge in [-0.2, -0.15) is 0 Å².